The molecule has 110 valence electrons. The second-order valence-electron chi connectivity index (χ2n) is 3.92. The zero-order valence-electron chi connectivity index (χ0n) is 10.9. The van der Waals surface area contributed by atoms with Crippen molar-refractivity contribution in [2.45, 2.75) is 25.6 Å². The summed E-state index contributed by atoms with van der Waals surface area (Å²) in [5.41, 5.74) is 0. The van der Waals surface area contributed by atoms with Gasteiger partial charge in [0.2, 0.25) is 0 Å². The molecule has 2 atom stereocenters. The molecule has 0 saturated carbocycles. The summed E-state index contributed by atoms with van der Waals surface area (Å²) in [6.07, 6.45) is -3.15. The van der Waals surface area contributed by atoms with Crippen LogP contribution in [0, 0.1) is 0 Å². The predicted molar refractivity (Wildman–Crippen MR) is 63.0 cm³/mol. The Morgan fingerprint density at radius 2 is 1.94 bits per heavy atom. The summed E-state index contributed by atoms with van der Waals surface area (Å²) in [7, 11) is 1.58. The highest BCUT2D eigenvalue weighted by Crippen LogP contribution is 1.94. The van der Waals surface area contributed by atoms with Crippen molar-refractivity contribution in [1.82, 2.24) is 5.32 Å². The molecule has 0 fully saturated rings. The molecule has 0 aromatic heterocycles. The number of ether oxygens (including phenoxy) is 3. The molecule has 18 heavy (non-hydrogen) atoms. The largest absolute Gasteiger partial charge is 0.389 e. The minimum absolute atomic E-state index is 0.0703. The van der Waals surface area contributed by atoms with Gasteiger partial charge in [-0.3, -0.25) is 0 Å². The molecule has 0 amide bonds. The van der Waals surface area contributed by atoms with Crippen LogP contribution in [0.1, 0.15) is 6.92 Å². The SMILES string of the molecule is COCC(C)OCC(O)CNCCOCC(F)F. The fourth-order valence-electron chi connectivity index (χ4n) is 1.20. The Bertz CT molecular complexity index is 186. The van der Waals surface area contributed by atoms with Crippen LogP contribution in [0.2, 0.25) is 0 Å². The van der Waals surface area contributed by atoms with E-state index in [9.17, 15) is 13.9 Å². The van der Waals surface area contributed by atoms with E-state index in [0.29, 0.717) is 19.7 Å². The maximum atomic E-state index is 11.7. The van der Waals surface area contributed by atoms with E-state index in [0.717, 1.165) is 0 Å². The first-order valence-corrected chi connectivity index (χ1v) is 5.91. The van der Waals surface area contributed by atoms with Gasteiger partial charge in [-0.2, -0.15) is 0 Å². The van der Waals surface area contributed by atoms with Gasteiger partial charge in [0.25, 0.3) is 6.43 Å². The Morgan fingerprint density at radius 3 is 2.56 bits per heavy atom. The summed E-state index contributed by atoms with van der Waals surface area (Å²) in [5, 5.41) is 12.4. The molecule has 0 aliphatic rings. The number of aliphatic hydroxyl groups excluding tert-OH is 1. The van der Waals surface area contributed by atoms with Crippen LogP contribution in [0.4, 0.5) is 8.78 Å². The Hall–Kier alpha value is -0.340. The molecule has 0 aromatic rings. The Morgan fingerprint density at radius 1 is 1.22 bits per heavy atom. The maximum absolute atomic E-state index is 11.7. The first kappa shape index (κ1) is 17.7. The molecule has 0 aromatic carbocycles. The van der Waals surface area contributed by atoms with Crippen molar-refractivity contribution in [3.8, 4) is 0 Å². The summed E-state index contributed by atoms with van der Waals surface area (Å²) in [5.74, 6) is 0. The van der Waals surface area contributed by atoms with Crippen molar-refractivity contribution in [2.75, 3.05) is 46.6 Å². The molecule has 0 aliphatic carbocycles. The summed E-state index contributed by atoms with van der Waals surface area (Å²) in [6.45, 7) is 2.91. The Kier molecular flexibility index (Phi) is 11.5. The van der Waals surface area contributed by atoms with E-state index in [1.165, 1.54) is 0 Å². The van der Waals surface area contributed by atoms with Gasteiger partial charge >= 0.3 is 0 Å². The molecule has 2 unspecified atom stereocenters. The van der Waals surface area contributed by atoms with Gasteiger partial charge < -0.3 is 24.6 Å². The predicted octanol–water partition coefficient (Wildman–Crippen LogP) is 0.270. The average Bonchev–Trinajstić information content (AvgIpc) is 2.31. The lowest BCUT2D eigenvalue weighted by atomic mass is 10.3. The standard InChI is InChI=1S/C11H23F2NO4/c1-9(6-16-2)18-7-10(15)5-14-3-4-17-8-11(12)13/h9-11,14-15H,3-8H2,1-2H3. The van der Waals surface area contributed by atoms with Crippen molar-refractivity contribution in [2.24, 2.45) is 0 Å². The van der Waals surface area contributed by atoms with Gasteiger partial charge in [-0.15, -0.1) is 0 Å². The zero-order chi connectivity index (χ0) is 13.8. The van der Waals surface area contributed by atoms with E-state index in [2.05, 4.69) is 10.1 Å². The number of hydrogen-bond donors (Lipinski definition) is 2. The van der Waals surface area contributed by atoms with E-state index in [1.807, 2.05) is 6.92 Å². The van der Waals surface area contributed by atoms with Crippen molar-refractivity contribution in [1.29, 1.82) is 0 Å². The third-order valence-corrected chi connectivity index (χ3v) is 2.02. The van der Waals surface area contributed by atoms with Gasteiger partial charge in [-0.1, -0.05) is 0 Å². The molecule has 0 spiro atoms. The van der Waals surface area contributed by atoms with Crippen LogP contribution >= 0.6 is 0 Å². The smallest absolute Gasteiger partial charge is 0.261 e. The zero-order valence-corrected chi connectivity index (χ0v) is 10.9. The number of nitrogens with one attached hydrogen (secondary N) is 1. The van der Waals surface area contributed by atoms with Crippen LogP contribution in [0.5, 0.6) is 0 Å². The number of methoxy groups -OCH3 is 1. The number of aliphatic hydroxyl groups is 1. The van der Waals surface area contributed by atoms with Crippen molar-refractivity contribution in [3.05, 3.63) is 0 Å². The highest BCUT2D eigenvalue weighted by Gasteiger charge is 2.07. The maximum Gasteiger partial charge on any atom is 0.261 e. The third kappa shape index (κ3) is 12.1. The van der Waals surface area contributed by atoms with E-state index >= 15 is 0 Å². The van der Waals surface area contributed by atoms with Crippen molar-refractivity contribution >= 4 is 0 Å². The van der Waals surface area contributed by atoms with Gasteiger partial charge in [0.15, 0.2) is 0 Å². The number of hydrogen-bond acceptors (Lipinski definition) is 5. The molecule has 0 saturated heterocycles. The molecule has 0 bridgehead atoms. The van der Waals surface area contributed by atoms with Crippen LogP contribution < -0.4 is 5.32 Å². The van der Waals surface area contributed by atoms with Gasteiger partial charge in [0.1, 0.15) is 6.61 Å². The molecular weight excluding hydrogens is 248 g/mol. The van der Waals surface area contributed by atoms with Gasteiger partial charge in [-0.05, 0) is 6.92 Å². The quantitative estimate of drug-likeness (QED) is 0.499. The molecule has 7 heteroatoms. The summed E-state index contributed by atoms with van der Waals surface area (Å²) in [6, 6.07) is 0. The lowest BCUT2D eigenvalue weighted by molar-refractivity contribution is -0.0317. The third-order valence-electron chi connectivity index (χ3n) is 2.02. The highest BCUT2D eigenvalue weighted by atomic mass is 19.3. The van der Waals surface area contributed by atoms with Crippen LogP contribution in [-0.2, 0) is 14.2 Å². The summed E-state index contributed by atoms with van der Waals surface area (Å²) < 4.78 is 38.3. The summed E-state index contributed by atoms with van der Waals surface area (Å²) in [4.78, 5) is 0. The van der Waals surface area contributed by atoms with Gasteiger partial charge in [0, 0.05) is 20.2 Å². The number of halogens is 2. The second-order valence-corrected chi connectivity index (χ2v) is 3.92. The van der Waals surface area contributed by atoms with Gasteiger partial charge in [-0.25, -0.2) is 8.78 Å². The van der Waals surface area contributed by atoms with Crippen LogP contribution in [0.25, 0.3) is 0 Å². The minimum atomic E-state index is -2.44. The van der Waals surface area contributed by atoms with Gasteiger partial charge in [0.05, 0.1) is 32.0 Å². The Balaban J connectivity index is 3.29. The number of alkyl halides is 2. The topological polar surface area (TPSA) is 60.0 Å². The molecule has 5 nitrogen and oxygen atoms in total. The Labute approximate surface area is 106 Å². The van der Waals surface area contributed by atoms with Crippen molar-refractivity contribution < 1.29 is 28.1 Å². The van der Waals surface area contributed by atoms with E-state index in [1.54, 1.807) is 7.11 Å². The van der Waals surface area contributed by atoms with Crippen molar-refractivity contribution in [3.63, 3.8) is 0 Å². The van der Waals surface area contributed by atoms with Crippen LogP contribution in [0.15, 0.2) is 0 Å². The minimum Gasteiger partial charge on any atom is -0.389 e. The molecular formula is C11H23F2NO4. The molecule has 0 radical (unpaired) electrons. The monoisotopic (exact) mass is 271 g/mol. The second kappa shape index (κ2) is 11.7. The molecule has 0 heterocycles. The molecule has 0 rings (SSSR count). The van der Waals surface area contributed by atoms with E-state index in [-0.39, 0.29) is 19.3 Å². The lowest BCUT2D eigenvalue weighted by Gasteiger charge is -2.16. The highest BCUT2D eigenvalue weighted by molar-refractivity contribution is 4.59. The number of rotatable bonds is 12. The first-order valence-electron chi connectivity index (χ1n) is 5.91. The molecule has 2 N–H and O–H groups in total. The average molecular weight is 271 g/mol. The fourth-order valence-corrected chi connectivity index (χ4v) is 1.20. The first-order chi connectivity index (χ1) is 8.56. The van der Waals surface area contributed by atoms with Crippen LogP contribution in [0.3, 0.4) is 0 Å². The van der Waals surface area contributed by atoms with E-state index in [4.69, 9.17) is 9.47 Å². The lowest BCUT2D eigenvalue weighted by Crippen LogP contribution is -2.34. The molecule has 0 aliphatic heterocycles. The summed E-state index contributed by atoms with van der Waals surface area (Å²) >= 11 is 0. The normalized spacial score (nSPS) is 15.0. The van der Waals surface area contributed by atoms with Crippen LogP contribution in [-0.4, -0.2) is 70.4 Å². The van der Waals surface area contributed by atoms with E-state index < -0.39 is 19.1 Å². The fraction of sp³-hybridized carbons (Fsp3) is 1.00.